The lowest BCUT2D eigenvalue weighted by Gasteiger charge is -2.24. The number of carbonyl (C=O) groups excluding carboxylic acids is 1. The maximum Gasteiger partial charge on any atom is 0.317 e. The van der Waals surface area contributed by atoms with Crippen molar-refractivity contribution in [3.05, 3.63) is 34.9 Å². The van der Waals surface area contributed by atoms with Crippen molar-refractivity contribution in [2.45, 2.75) is 31.8 Å². The second-order valence-corrected chi connectivity index (χ2v) is 6.71. The predicted molar refractivity (Wildman–Crippen MR) is 97.4 cm³/mol. The number of nitrogens with one attached hydrogen (secondary N) is 1. The van der Waals surface area contributed by atoms with Crippen LogP contribution in [0.5, 0.6) is 0 Å². The van der Waals surface area contributed by atoms with Crippen molar-refractivity contribution in [2.75, 3.05) is 40.4 Å². The quantitative estimate of drug-likeness (QED) is 0.781. The topological polar surface area (TPSA) is 44.8 Å². The minimum absolute atomic E-state index is 0.0624. The summed E-state index contributed by atoms with van der Waals surface area (Å²) in [7, 11) is 3.79. The molecule has 1 aromatic rings. The zero-order valence-electron chi connectivity index (χ0n) is 14.6. The number of urea groups is 1. The van der Waals surface area contributed by atoms with Crippen molar-refractivity contribution in [3.8, 4) is 0 Å². The van der Waals surface area contributed by atoms with Gasteiger partial charge in [0.25, 0.3) is 0 Å². The highest BCUT2D eigenvalue weighted by Crippen LogP contribution is 2.18. The van der Waals surface area contributed by atoms with E-state index < -0.39 is 0 Å². The van der Waals surface area contributed by atoms with Crippen LogP contribution in [0.1, 0.15) is 24.8 Å². The molecule has 5 nitrogen and oxygen atoms in total. The van der Waals surface area contributed by atoms with Gasteiger partial charge in [-0.25, -0.2) is 4.79 Å². The maximum atomic E-state index is 12.5. The molecular weight excluding hydrogens is 326 g/mol. The molecule has 1 saturated heterocycles. The Morgan fingerprint density at radius 1 is 1.46 bits per heavy atom. The van der Waals surface area contributed by atoms with E-state index in [1.807, 2.05) is 24.3 Å². The number of likely N-dealkylation sites (tertiary alicyclic amines) is 1. The van der Waals surface area contributed by atoms with Gasteiger partial charge in [-0.2, -0.15) is 0 Å². The number of benzene rings is 1. The van der Waals surface area contributed by atoms with Gasteiger partial charge in [0.15, 0.2) is 0 Å². The van der Waals surface area contributed by atoms with Crippen molar-refractivity contribution in [2.24, 2.45) is 0 Å². The summed E-state index contributed by atoms with van der Waals surface area (Å²) in [6, 6.07) is 8.14. The van der Waals surface area contributed by atoms with Crippen molar-refractivity contribution in [3.63, 3.8) is 0 Å². The van der Waals surface area contributed by atoms with Crippen LogP contribution >= 0.6 is 11.6 Å². The van der Waals surface area contributed by atoms with E-state index in [-0.39, 0.29) is 6.03 Å². The number of carbonyl (C=O) groups is 1. The molecule has 6 heteroatoms. The minimum atomic E-state index is -0.0624. The van der Waals surface area contributed by atoms with Crippen LogP contribution in [0.2, 0.25) is 5.02 Å². The van der Waals surface area contributed by atoms with Crippen LogP contribution in [0.4, 0.5) is 4.79 Å². The van der Waals surface area contributed by atoms with E-state index in [2.05, 4.69) is 17.3 Å². The van der Waals surface area contributed by atoms with Crippen LogP contribution in [-0.4, -0.2) is 62.3 Å². The highest BCUT2D eigenvalue weighted by Gasteiger charge is 2.21. The molecule has 0 aliphatic carbocycles. The number of amides is 2. The molecule has 2 amide bonds. The van der Waals surface area contributed by atoms with Crippen LogP contribution in [-0.2, 0) is 11.3 Å². The van der Waals surface area contributed by atoms with Crippen LogP contribution in [0.25, 0.3) is 0 Å². The summed E-state index contributed by atoms with van der Waals surface area (Å²) in [4.78, 5) is 16.6. The van der Waals surface area contributed by atoms with Gasteiger partial charge in [-0.1, -0.05) is 29.8 Å². The second-order valence-electron chi connectivity index (χ2n) is 6.30. The summed E-state index contributed by atoms with van der Waals surface area (Å²) < 4.78 is 5.13. The number of hydrogen-bond donors (Lipinski definition) is 1. The SMILES string of the molecule is COCCN(Cc1ccccc1Cl)C(=O)NCC[C@H]1CCCN1C. The number of hydrogen-bond acceptors (Lipinski definition) is 3. The van der Waals surface area contributed by atoms with Gasteiger partial charge in [0.05, 0.1) is 6.61 Å². The monoisotopic (exact) mass is 353 g/mol. The summed E-state index contributed by atoms with van der Waals surface area (Å²) in [5.74, 6) is 0. The zero-order valence-corrected chi connectivity index (χ0v) is 15.4. The van der Waals surface area contributed by atoms with E-state index in [1.165, 1.54) is 12.8 Å². The molecule has 0 spiro atoms. The number of nitrogens with zero attached hydrogens (tertiary/aromatic N) is 2. The maximum absolute atomic E-state index is 12.5. The molecule has 1 atom stereocenters. The van der Waals surface area contributed by atoms with Gasteiger partial charge in [-0.05, 0) is 44.5 Å². The third-order valence-electron chi connectivity index (χ3n) is 4.60. The van der Waals surface area contributed by atoms with Gasteiger partial charge >= 0.3 is 6.03 Å². The Morgan fingerprint density at radius 2 is 2.25 bits per heavy atom. The van der Waals surface area contributed by atoms with Gasteiger partial charge in [0, 0.05) is 37.8 Å². The first-order valence-corrected chi connectivity index (χ1v) is 8.95. The van der Waals surface area contributed by atoms with Gasteiger partial charge in [-0.3, -0.25) is 0 Å². The lowest BCUT2D eigenvalue weighted by molar-refractivity contribution is 0.146. The van der Waals surface area contributed by atoms with Gasteiger partial charge in [0.2, 0.25) is 0 Å². The highest BCUT2D eigenvalue weighted by molar-refractivity contribution is 6.31. The fraction of sp³-hybridized carbons (Fsp3) is 0.611. The molecule has 2 rings (SSSR count). The molecule has 0 bridgehead atoms. The number of rotatable bonds is 8. The second kappa shape index (κ2) is 9.87. The summed E-state index contributed by atoms with van der Waals surface area (Å²) in [6.45, 7) is 3.38. The average Bonchev–Trinajstić information content (AvgIpc) is 2.98. The van der Waals surface area contributed by atoms with E-state index in [0.29, 0.717) is 37.3 Å². The van der Waals surface area contributed by atoms with Crippen molar-refractivity contribution < 1.29 is 9.53 Å². The van der Waals surface area contributed by atoms with E-state index >= 15 is 0 Å². The fourth-order valence-corrected chi connectivity index (χ4v) is 3.28. The molecule has 0 saturated carbocycles. The van der Waals surface area contributed by atoms with E-state index in [4.69, 9.17) is 16.3 Å². The predicted octanol–water partition coefficient (Wildman–Crippen LogP) is 2.98. The molecule has 134 valence electrons. The Morgan fingerprint density at radius 3 is 2.92 bits per heavy atom. The number of ether oxygens (including phenoxy) is 1. The molecule has 1 aromatic carbocycles. The largest absolute Gasteiger partial charge is 0.383 e. The normalized spacial score (nSPS) is 17.9. The van der Waals surface area contributed by atoms with Crippen LogP contribution < -0.4 is 5.32 Å². The average molecular weight is 354 g/mol. The molecule has 1 fully saturated rings. The molecule has 0 radical (unpaired) electrons. The first-order chi connectivity index (χ1) is 11.6. The Bertz CT molecular complexity index is 527. The minimum Gasteiger partial charge on any atom is -0.383 e. The van der Waals surface area contributed by atoms with Crippen molar-refractivity contribution in [1.29, 1.82) is 0 Å². The number of halogens is 1. The molecule has 1 aliphatic heterocycles. The third kappa shape index (κ3) is 5.65. The first-order valence-electron chi connectivity index (χ1n) is 8.57. The molecule has 1 aliphatic rings. The summed E-state index contributed by atoms with van der Waals surface area (Å²) >= 11 is 6.22. The van der Waals surface area contributed by atoms with Crippen LogP contribution in [0.3, 0.4) is 0 Å². The Hall–Kier alpha value is -1.30. The fourth-order valence-electron chi connectivity index (χ4n) is 3.09. The summed E-state index contributed by atoms with van der Waals surface area (Å²) in [5, 5.41) is 3.72. The Kier molecular flexibility index (Phi) is 7.82. The van der Waals surface area contributed by atoms with Gasteiger partial charge in [-0.15, -0.1) is 0 Å². The molecule has 0 aromatic heterocycles. The Labute approximate surface area is 149 Å². The van der Waals surface area contributed by atoms with E-state index in [9.17, 15) is 4.79 Å². The van der Waals surface area contributed by atoms with Crippen molar-refractivity contribution in [1.82, 2.24) is 15.1 Å². The van der Waals surface area contributed by atoms with Crippen molar-refractivity contribution >= 4 is 17.6 Å². The molecule has 1 heterocycles. The standard InChI is InChI=1S/C18H28ClN3O2/c1-21-11-5-7-16(21)9-10-20-18(23)22(12-13-24-2)14-15-6-3-4-8-17(15)19/h3-4,6,8,16H,5,7,9-14H2,1-2H3,(H,20,23)/t16-/m1/s1. The summed E-state index contributed by atoms with van der Waals surface area (Å²) in [6.07, 6.45) is 3.47. The van der Waals surface area contributed by atoms with E-state index in [1.54, 1.807) is 12.0 Å². The molecule has 0 unspecified atom stereocenters. The van der Waals surface area contributed by atoms with Crippen LogP contribution in [0.15, 0.2) is 24.3 Å². The highest BCUT2D eigenvalue weighted by atomic mass is 35.5. The first kappa shape index (κ1) is 19.0. The number of methoxy groups -OCH3 is 1. The zero-order chi connectivity index (χ0) is 17.4. The van der Waals surface area contributed by atoms with Gasteiger partial charge in [0.1, 0.15) is 0 Å². The molecule has 1 N–H and O–H groups in total. The lowest BCUT2D eigenvalue weighted by Crippen LogP contribution is -2.42. The molecular formula is C18H28ClN3O2. The third-order valence-corrected chi connectivity index (χ3v) is 4.97. The van der Waals surface area contributed by atoms with Gasteiger partial charge < -0.3 is 19.9 Å². The summed E-state index contributed by atoms with van der Waals surface area (Å²) in [5.41, 5.74) is 0.945. The smallest absolute Gasteiger partial charge is 0.317 e. The Balaban J connectivity index is 1.86. The lowest BCUT2D eigenvalue weighted by atomic mass is 10.1. The van der Waals surface area contributed by atoms with Crippen LogP contribution in [0, 0.1) is 0 Å². The van der Waals surface area contributed by atoms with E-state index in [0.717, 1.165) is 18.5 Å². The molecule has 24 heavy (non-hydrogen) atoms.